The largest absolute Gasteiger partial charge is 0.493 e. The van der Waals surface area contributed by atoms with Gasteiger partial charge < -0.3 is 19.7 Å². The van der Waals surface area contributed by atoms with E-state index in [0.717, 1.165) is 23.1 Å². The zero-order valence-electron chi connectivity index (χ0n) is 15.7. The van der Waals surface area contributed by atoms with Crippen LogP contribution in [0.15, 0.2) is 59.6 Å². The van der Waals surface area contributed by atoms with Gasteiger partial charge in [-0.1, -0.05) is 43.0 Å². The van der Waals surface area contributed by atoms with E-state index >= 15 is 0 Å². The van der Waals surface area contributed by atoms with Gasteiger partial charge in [-0.3, -0.25) is 0 Å². The Labute approximate surface area is 164 Å². The molecule has 2 rings (SSSR count). The molecule has 4 nitrogen and oxygen atoms in total. The molecular weight excluding hydrogens is 392 g/mol. The van der Waals surface area contributed by atoms with Crippen LogP contribution >= 0.6 is 15.9 Å². The van der Waals surface area contributed by atoms with Gasteiger partial charge in [-0.15, -0.1) is 0 Å². The molecule has 140 valence electrons. The SMILES string of the molecule is C=CCOc1c(Br)cc(CNC(CN(C)C)c2ccccc2)cc1OC. The first-order valence-corrected chi connectivity index (χ1v) is 9.37. The number of benzene rings is 2. The molecule has 2 aromatic rings. The molecule has 0 aliphatic heterocycles. The molecule has 2 aromatic carbocycles. The van der Waals surface area contributed by atoms with Crippen LogP contribution in [0.2, 0.25) is 0 Å². The van der Waals surface area contributed by atoms with E-state index in [-0.39, 0.29) is 6.04 Å². The lowest BCUT2D eigenvalue weighted by molar-refractivity contribution is 0.323. The quantitative estimate of drug-likeness (QED) is 0.579. The fourth-order valence-electron chi connectivity index (χ4n) is 2.74. The summed E-state index contributed by atoms with van der Waals surface area (Å²) in [7, 11) is 5.82. The minimum Gasteiger partial charge on any atom is -0.493 e. The van der Waals surface area contributed by atoms with Crippen molar-refractivity contribution in [2.24, 2.45) is 0 Å². The van der Waals surface area contributed by atoms with E-state index in [0.29, 0.717) is 18.1 Å². The van der Waals surface area contributed by atoms with Gasteiger partial charge in [0, 0.05) is 19.1 Å². The highest BCUT2D eigenvalue weighted by Gasteiger charge is 2.15. The van der Waals surface area contributed by atoms with Gasteiger partial charge in [0.05, 0.1) is 11.6 Å². The summed E-state index contributed by atoms with van der Waals surface area (Å²) < 4.78 is 12.1. The molecule has 0 saturated carbocycles. The summed E-state index contributed by atoms with van der Waals surface area (Å²) in [5, 5.41) is 3.65. The third kappa shape index (κ3) is 5.87. The summed E-state index contributed by atoms with van der Waals surface area (Å²) in [6.45, 7) is 5.77. The number of halogens is 1. The molecule has 0 fully saturated rings. The van der Waals surface area contributed by atoms with Crippen LogP contribution in [0.3, 0.4) is 0 Å². The van der Waals surface area contributed by atoms with Crippen molar-refractivity contribution in [2.75, 3.05) is 34.4 Å². The van der Waals surface area contributed by atoms with Gasteiger partial charge in [0.15, 0.2) is 11.5 Å². The van der Waals surface area contributed by atoms with Crippen molar-refractivity contribution in [3.8, 4) is 11.5 Å². The molecule has 0 heterocycles. The predicted molar refractivity (Wildman–Crippen MR) is 111 cm³/mol. The molecule has 0 bridgehead atoms. The van der Waals surface area contributed by atoms with Crippen molar-refractivity contribution < 1.29 is 9.47 Å². The van der Waals surface area contributed by atoms with Crippen LogP contribution in [0.5, 0.6) is 11.5 Å². The highest BCUT2D eigenvalue weighted by atomic mass is 79.9. The number of likely N-dealkylation sites (N-methyl/N-ethyl adjacent to an activating group) is 1. The molecule has 26 heavy (non-hydrogen) atoms. The Balaban J connectivity index is 2.15. The zero-order chi connectivity index (χ0) is 18.9. The Bertz CT molecular complexity index is 705. The van der Waals surface area contributed by atoms with Gasteiger partial charge >= 0.3 is 0 Å². The minimum absolute atomic E-state index is 0.243. The van der Waals surface area contributed by atoms with E-state index < -0.39 is 0 Å². The monoisotopic (exact) mass is 418 g/mol. The second kappa shape index (κ2) is 10.4. The summed E-state index contributed by atoms with van der Waals surface area (Å²) in [4.78, 5) is 2.19. The fraction of sp³-hybridized carbons (Fsp3) is 0.333. The third-order valence-corrected chi connectivity index (χ3v) is 4.53. The molecular formula is C21H27BrN2O2. The van der Waals surface area contributed by atoms with Gasteiger partial charge in [-0.2, -0.15) is 0 Å². The number of nitrogens with zero attached hydrogens (tertiary/aromatic N) is 1. The maximum absolute atomic E-state index is 5.69. The number of hydrogen-bond acceptors (Lipinski definition) is 4. The smallest absolute Gasteiger partial charge is 0.175 e. The molecule has 1 N–H and O–H groups in total. The van der Waals surface area contributed by atoms with E-state index in [1.54, 1.807) is 13.2 Å². The number of nitrogens with one attached hydrogen (secondary N) is 1. The molecule has 5 heteroatoms. The second-order valence-electron chi connectivity index (χ2n) is 6.32. The van der Waals surface area contributed by atoms with Gasteiger partial charge in [0.1, 0.15) is 6.61 Å². The molecule has 0 amide bonds. The van der Waals surface area contributed by atoms with Gasteiger partial charge in [-0.25, -0.2) is 0 Å². The first kappa shape index (κ1) is 20.5. The Hall–Kier alpha value is -1.82. The molecule has 0 aliphatic carbocycles. The molecule has 0 saturated heterocycles. The molecule has 0 aliphatic rings. The highest BCUT2D eigenvalue weighted by molar-refractivity contribution is 9.10. The van der Waals surface area contributed by atoms with E-state index in [2.05, 4.69) is 77.2 Å². The first-order chi connectivity index (χ1) is 12.5. The maximum Gasteiger partial charge on any atom is 0.175 e. The Morgan fingerprint density at radius 1 is 1.23 bits per heavy atom. The summed E-state index contributed by atoms with van der Waals surface area (Å²) in [5.41, 5.74) is 2.40. The third-order valence-electron chi connectivity index (χ3n) is 3.94. The maximum atomic E-state index is 5.69. The molecule has 0 aromatic heterocycles. The lowest BCUT2D eigenvalue weighted by atomic mass is 10.1. The Morgan fingerprint density at radius 2 is 1.96 bits per heavy atom. The van der Waals surface area contributed by atoms with Crippen LogP contribution < -0.4 is 14.8 Å². The van der Waals surface area contributed by atoms with Crippen LogP contribution in [-0.4, -0.2) is 39.3 Å². The van der Waals surface area contributed by atoms with Crippen molar-refractivity contribution in [1.29, 1.82) is 0 Å². The second-order valence-corrected chi connectivity index (χ2v) is 7.17. The lowest BCUT2D eigenvalue weighted by Gasteiger charge is -2.23. The average Bonchev–Trinajstić information content (AvgIpc) is 2.64. The fourth-order valence-corrected chi connectivity index (χ4v) is 3.34. The summed E-state index contributed by atoms with van der Waals surface area (Å²) in [6, 6.07) is 14.8. The van der Waals surface area contributed by atoms with Crippen molar-refractivity contribution in [3.63, 3.8) is 0 Å². The van der Waals surface area contributed by atoms with Gasteiger partial charge in [0.25, 0.3) is 0 Å². The van der Waals surface area contributed by atoms with Crippen molar-refractivity contribution in [1.82, 2.24) is 10.2 Å². The van der Waals surface area contributed by atoms with Crippen molar-refractivity contribution in [3.05, 3.63) is 70.7 Å². The summed E-state index contributed by atoms with van der Waals surface area (Å²) >= 11 is 3.59. The first-order valence-electron chi connectivity index (χ1n) is 8.58. The molecule has 1 atom stereocenters. The van der Waals surface area contributed by atoms with E-state index in [4.69, 9.17) is 9.47 Å². The summed E-state index contributed by atoms with van der Waals surface area (Å²) in [5.74, 6) is 1.41. The van der Waals surface area contributed by atoms with Crippen LogP contribution in [0.1, 0.15) is 17.2 Å². The van der Waals surface area contributed by atoms with E-state index in [1.807, 2.05) is 12.1 Å². The van der Waals surface area contributed by atoms with Crippen LogP contribution in [0.25, 0.3) is 0 Å². The van der Waals surface area contributed by atoms with Crippen molar-refractivity contribution in [2.45, 2.75) is 12.6 Å². The van der Waals surface area contributed by atoms with E-state index in [9.17, 15) is 0 Å². The average molecular weight is 419 g/mol. The van der Waals surface area contributed by atoms with E-state index in [1.165, 1.54) is 5.56 Å². The van der Waals surface area contributed by atoms with Crippen LogP contribution in [-0.2, 0) is 6.54 Å². The lowest BCUT2D eigenvalue weighted by Crippen LogP contribution is -2.30. The number of ether oxygens (including phenoxy) is 2. The van der Waals surface area contributed by atoms with Gasteiger partial charge in [-0.05, 0) is 53.3 Å². The van der Waals surface area contributed by atoms with Crippen molar-refractivity contribution >= 4 is 15.9 Å². The zero-order valence-corrected chi connectivity index (χ0v) is 17.3. The number of methoxy groups -OCH3 is 1. The summed E-state index contributed by atoms with van der Waals surface area (Å²) in [6.07, 6.45) is 1.72. The molecule has 1 unspecified atom stereocenters. The number of hydrogen-bond donors (Lipinski definition) is 1. The predicted octanol–water partition coefficient (Wildman–Crippen LogP) is 4.42. The topological polar surface area (TPSA) is 33.7 Å². The van der Waals surface area contributed by atoms with Gasteiger partial charge in [0.2, 0.25) is 0 Å². The number of rotatable bonds is 10. The molecule has 0 radical (unpaired) electrons. The normalized spacial score (nSPS) is 12.0. The Kier molecular flexibility index (Phi) is 8.16. The van der Waals surface area contributed by atoms with Crippen LogP contribution in [0, 0.1) is 0 Å². The van der Waals surface area contributed by atoms with Crippen LogP contribution in [0.4, 0.5) is 0 Å². The highest BCUT2D eigenvalue weighted by Crippen LogP contribution is 2.36. The molecule has 0 spiro atoms. The standard InChI is InChI=1S/C21H27BrN2O2/c1-5-11-26-21-18(22)12-16(13-20(21)25-4)14-23-19(15-24(2)3)17-9-7-6-8-10-17/h5-10,12-13,19,23H,1,11,14-15H2,2-4H3. The Morgan fingerprint density at radius 3 is 2.58 bits per heavy atom. The minimum atomic E-state index is 0.243.